The van der Waals surface area contributed by atoms with E-state index in [-0.39, 0.29) is 17.8 Å². The van der Waals surface area contributed by atoms with E-state index >= 15 is 0 Å². The molecule has 1 atom stereocenters. The third-order valence-corrected chi connectivity index (χ3v) is 5.89. The van der Waals surface area contributed by atoms with Gasteiger partial charge in [-0.1, -0.05) is 30.3 Å². The quantitative estimate of drug-likeness (QED) is 0.628. The highest BCUT2D eigenvalue weighted by molar-refractivity contribution is 7.92. The van der Waals surface area contributed by atoms with Gasteiger partial charge in [0.2, 0.25) is 21.8 Å². The van der Waals surface area contributed by atoms with Crippen LogP contribution in [0, 0.1) is 11.6 Å². The largest absolute Gasteiger partial charge is 0.350 e. The van der Waals surface area contributed by atoms with Crippen molar-refractivity contribution >= 4 is 27.5 Å². The van der Waals surface area contributed by atoms with E-state index in [1.807, 2.05) is 0 Å². The molecule has 2 aromatic rings. The second kappa shape index (κ2) is 10.3. The first-order valence-corrected chi connectivity index (χ1v) is 12.1. The lowest BCUT2D eigenvalue weighted by Crippen LogP contribution is -2.54. The standard InChI is InChI=1S/C23H29F2N3O4S/c1-16(22(30)26-23(2,3)4)27(14-17-10-6-7-11-18(17)24)21(29)15-28(33(5,31)32)20-13-9-8-12-19(20)25/h6-13,16H,14-15H2,1-5H3,(H,26,30)/t16-/m0/s1. The monoisotopic (exact) mass is 481 g/mol. The van der Waals surface area contributed by atoms with Gasteiger partial charge < -0.3 is 10.2 Å². The summed E-state index contributed by atoms with van der Waals surface area (Å²) < 4.78 is 54.1. The van der Waals surface area contributed by atoms with E-state index in [4.69, 9.17) is 0 Å². The molecule has 0 spiro atoms. The van der Waals surface area contributed by atoms with Gasteiger partial charge in [-0.2, -0.15) is 0 Å². The molecule has 0 heterocycles. The maximum Gasteiger partial charge on any atom is 0.244 e. The van der Waals surface area contributed by atoms with Gasteiger partial charge in [0.25, 0.3) is 0 Å². The minimum atomic E-state index is -4.05. The van der Waals surface area contributed by atoms with Crippen molar-refractivity contribution in [3.63, 3.8) is 0 Å². The van der Waals surface area contributed by atoms with E-state index in [9.17, 15) is 26.8 Å². The first kappa shape index (κ1) is 26.2. The van der Waals surface area contributed by atoms with E-state index in [2.05, 4.69) is 5.32 Å². The Labute approximate surface area is 193 Å². The topological polar surface area (TPSA) is 86.8 Å². The molecule has 1 N–H and O–H groups in total. The van der Waals surface area contributed by atoms with Crippen molar-refractivity contribution in [2.24, 2.45) is 0 Å². The second-order valence-electron chi connectivity index (χ2n) is 8.75. The van der Waals surface area contributed by atoms with E-state index in [0.29, 0.717) is 4.31 Å². The van der Waals surface area contributed by atoms with Crippen LogP contribution >= 0.6 is 0 Å². The summed E-state index contributed by atoms with van der Waals surface area (Å²) in [5.41, 5.74) is -0.742. The highest BCUT2D eigenvalue weighted by Gasteiger charge is 2.32. The van der Waals surface area contributed by atoms with Crippen LogP contribution in [0.1, 0.15) is 33.3 Å². The predicted molar refractivity (Wildman–Crippen MR) is 123 cm³/mol. The Morgan fingerprint density at radius 3 is 2.06 bits per heavy atom. The molecule has 10 heteroatoms. The molecule has 0 aromatic heterocycles. The van der Waals surface area contributed by atoms with Gasteiger partial charge >= 0.3 is 0 Å². The molecule has 0 saturated carbocycles. The molecule has 2 aromatic carbocycles. The first-order chi connectivity index (χ1) is 15.2. The van der Waals surface area contributed by atoms with Gasteiger partial charge in [-0.05, 0) is 45.9 Å². The zero-order valence-corrected chi connectivity index (χ0v) is 20.1. The summed E-state index contributed by atoms with van der Waals surface area (Å²) in [4.78, 5) is 27.2. The van der Waals surface area contributed by atoms with Gasteiger partial charge in [0.05, 0.1) is 11.9 Å². The van der Waals surface area contributed by atoms with Crippen molar-refractivity contribution in [1.82, 2.24) is 10.2 Å². The number of para-hydroxylation sites is 1. The van der Waals surface area contributed by atoms with Crippen LogP contribution in [0.5, 0.6) is 0 Å². The van der Waals surface area contributed by atoms with Crippen LogP contribution in [0.25, 0.3) is 0 Å². The van der Waals surface area contributed by atoms with Crippen LogP contribution in [-0.4, -0.2) is 49.5 Å². The van der Waals surface area contributed by atoms with Crippen molar-refractivity contribution in [2.45, 2.75) is 45.8 Å². The molecular formula is C23H29F2N3O4S. The molecule has 0 fully saturated rings. The number of anilines is 1. The van der Waals surface area contributed by atoms with Crippen LogP contribution in [-0.2, 0) is 26.2 Å². The number of halogens is 2. The van der Waals surface area contributed by atoms with Crippen molar-refractivity contribution < 1.29 is 26.8 Å². The fraction of sp³-hybridized carbons (Fsp3) is 0.391. The number of rotatable bonds is 8. The Bertz CT molecular complexity index is 1120. The highest BCUT2D eigenvalue weighted by atomic mass is 32.2. The van der Waals surface area contributed by atoms with E-state index in [0.717, 1.165) is 17.2 Å². The van der Waals surface area contributed by atoms with Crippen molar-refractivity contribution in [1.29, 1.82) is 0 Å². The summed E-state index contributed by atoms with van der Waals surface area (Å²) in [5, 5.41) is 2.76. The number of sulfonamides is 1. The van der Waals surface area contributed by atoms with E-state index in [1.54, 1.807) is 26.8 Å². The maximum atomic E-state index is 14.3. The Morgan fingerprint density at radius 1 is 1.00 bits per heavy atom. The smallest absolute Gasteiger partial charge is 0.244 e. The predicted octanol–water partition coefficient (Wildman–Crippen LogP) is 3.06. The number of carbonyl (C=O) groups is 2. The maximum absolute atomic E-state index is 14.3. The lowest BCUT2D eigenvalue weighted by Gasteiger charge is -2.33. The lowest BCUT2D eigenvalue weighted by atomic mass is 10.1. The van der Waals surface area contributed by atoms with Crippen LogP contribution in [0.4, 0.5) is 14.5 Å². The van der Waals surface area contributed by atoms with Crippen LogP contribution < -0.4 is 9.62 Å². The summed E-state index contributed by atoms with van der Waals surface area (Å²) in [6.07, 6.45) is 0.851. The number of nitrogens with zero attached hydrogens (tertiary/aromatic N) is 2. The van der Waals surface area contributed by atoms with Crippen molar-refractivity contribution in [3.05, 3.63) is 65.7 Å². The van der Waals surface area contributed by atoms with E-state index < -0.39 is 51.6 Å². The van der Waals surface area contributed by atoms with Crippen LogP contribution in [0.15, 0.2) is 48.5 Å². The molecule has 2 amide bonds. The second-order valence-corrected chi connectivity index (χ2v) is 10.7. The average molecular weight is 482 g/mol. The Balaban J connectivity index is 2.43. The summed E-state index contributed by atoms with van der Waals surface area (Å²) in [6, 6.07) is 9.86. The zero-order valence-electron chi connectivity index (χ0n) is 19.3. The summed E-state index contributed by atoms with van der Waals surface area (Å²) in [5.74, 6) is -2.69. The zero-order chi connectivity index (χ0) is 25.0. The normalized spacial score (nSPS) is 12.7. The van der Waals surface area contributed by atoms with Gasteiger partial charge in [-0.15, -0.1) is 0 Å². The van der Waals surface area contributed by atoms with Gasteiger partial charge in [0, 0.05) is 17.6 Å². The number of hydrogen-bond acceptors (Lipinski definition) is 4. The van der Waals surface area contributed by atoms with Gasteiger partial charge in [-0.25, -0.2) is 17.2 Å². The van der Waals surface area contributed by atoms with Crippen LogP contribution in [0.2, 0.25) is 0 Å². The first-order valence-electron chi connectivity index (χ1n) is 10.3. The molecule has 2 rings (SSSR count). The van der Waals surface area contributed by atoms with Gasteiger partial charge in [-0.3, -0.25) is 13.9 Å². The van der Waals surface area contributed by atoms with Crippen molar-refractivity contribution in [3.8, 4) is 0 Å². The Morgan fingerprint density at radius 2 is 1.55 bits per heavy atom. The molecule has 180 valence electrons. The minimum Gasteiger partial charge on any atom is -0.350 e. The summed E-state index contributed by atoms with van der Waals surface area (Å²) >= 11 is 0. The van der Waals surface area contributed by atoms with Crippen LogP contribution in [0.3, 0.4) is 0 Å². The van der Waals surface area contributed by atoms with E-state index in [1.165, 1.54) is 43.3 Å². The molecule has 7 nitrogen and oxygen atoms in total. The molecule has 0 aliphatic heterocycles. The summed E-state index contributed by atoms with van der Waals surface area (Å²) in [7, 11) is -4.05. The van der Waals surface area contributed by atoms with Gasteiger partial charge in [0.15, 0.2) is 0 Å². The Hall–Kier alpha value is -3.01. The average Bonchev–Trinajstić information content (AvgIpc) is 2.69. The van der Waals surface area contributed by atoms with Gasteiger partial charge in [0.1, 0.15) is 24.2 Å². The fourth-order valence-electron chi connectivity index (χ4n) is 3.12. The number of nitrogens with one attached hydrogen (secondary N) is 1. The SMILES string of the molecule is C[C@@H](C(=O)NC(C)(C)C)N(Cc1ccccc1F)C(=O)CN(c1ccccc1F)S(C)(=O)=O. The molecule has 0 aliphatic rings. The molecule has 0 bridgehead atoms. The fourth-order valence-corrected chi connectivity index (χ4v) is 3.97. The molecule has 33 heavy (non-hydrogen) atoms. The molecule has 0 radical (unpaired) electrons. The number of benzene rings is 2. The summed E-state index contributed by atoms with van der Waals surface area (Å²) in [6.45, 7) is 5.73. The molecule has 0 unspecified atom stereocenters. The lowest BCUT2D eigenvalue weighted by molar-refractivity contribution is -0.140. The number of amides is 2. The van der Waals surface area contributed by atoms with Crippen molar-refractivity contribution in [2.75, 3.05) is 17.1 Å². The molecule has 0 saturated heterocycles. The molecule has 0 aliphatic carbocycles. The minimum absolute atomic E-state index is 0.151. The highest BCUT2D eigenvalue weighted by Crippen LogP contribution is 2.22. The third-order valence-electron chi connectivity index (χ3n) is 4.76. The third kappa shape index (κ3) is 7.24. The molecular weight excluding hydrogens is 452 g/mol. The Kier molecular flexibility index (Phi) is 8.18. The number of hydrogen-bond donors (Lipinski definition) is 1. The number of carbonyl (C=O) groups excluding carboxylic acids is 2.